The molecule has 0 spiro atoms. The summed E-state index contributed by atoms with van der Waals surface area (Å²) in [4.78, 5) is 32.2. The predicted molar refractivity (Wildman–Crippen MR) is 111 cm³/mol. The van der Waals surface area contributed by atoms with Gasteiger partial charge < -0.3 is 0 Å². The molecule has 12 heteroatoms. The lowest BCUT2D eigenvalue weighted by atomic mass is 9.97. The second-order valence-corrected chi connectivity index (χ2v) is 8.99. The van der Waals surface area contributed by atoms with Gasteiger partial charge in [0, 0.05) is 4.88 Å². The lowest BCUT2D eigenvalue weighted by Crippen LogP contribution is -2.39. The number of carbonyl (C=O) groups excluding carboxylic acids is 1. The molecule has 1 amide bonds. The zero-order valence-corrected chi connectivity index (χ0v) is 18.5. The van der Waals surface area contributed by atoms with E-state index in [1.807, 2.05) is 0 Å². The minimum absolute atomic E-state index is 0.00110. The van der Waals surface area contributed by atoms with Gasteiger partial charge in [0.05, 0.1) is 16.1 Å². The first-order valence-corrected chi connectivity index (χ1v) is 10.9. The molecule has 0 fully saturated rings. The molecule has 0 saturated carbocycles. The summed E-state index contributed by atoms with van der Waals surface area (Å²) in [5.74, 6) is -0.436. The standard InChI is InChI=1S/C19H19ClF3N5O2S/c1-8-14(20)15(19(21,22)23)25-27(8)9(2)16(29)26-28-10(3)24-17-13(18(28)30)11-6-4-5-7-12(11)31-17/h9H,4-7H2,1-3H3,(H,26,29)/t9-/m1/s1. The summed E-state index contributed by atoms with van der Waals surface area (Å²) in [6.07, 6.45) is -1.02. The average Bonchev–Trinajstić information content (AvgIpc) is 3.21. The molecular weight excluding hydrogens is 455 g/mol. The van der Waals surface area contributed by atoms with E-state index in [2.05, 4.69) is 15.5 Å². The largest absolute Gasteiger partial charge is 0.436 e. The number of nitrogens with one attached hydrogen (secondary N) is 1. The molecule has 4 rings (SSSR count). The van der Waals surface area contributed by atoms with E-state index in [1.54, 1.807) is 6.92 Å². The zero-order valence-electron chi connectivity index (χ0n) is 16.9. The molecule has 7 nitrogen and oxygen atoms in total. The Morgan fingerprint density at radius 3 is 2.58 bits per heavy atom. The van der Waals surface area contributed by atoms with E-state index in [4.69, 9.17) is 11.6 Å². The van der Waals surface area contributed by atoms with Crippen LogP contribution in [-0.2, 0) is 23.8 Å². The van der Waals surface area contributed by atoms with Gasteiger partial charge in [0.25, 0.3) is 11.5 Å². The summed E-state index contributed by atoms with van der Waals surface area (Å²) in [6, 6.07) is -1.15. The number of halogens is 4. The van der Waals surface area contributed by atoms with Gasteiger partial charge in [-0.1, -0.05) is 11.6 Å². The van der Waals surface area contributed by atoms with Crippen molar-refractivity contribution in [3.05, 3.63) is 43.0 Å². The molecule has 1 N–H and O–H groups in total. The van der Waals surface area contributed by atoms with Crippen molar-refractivity contribution >= 4 is 39.1 Å². The predicted octanol–water partition coefficient (Wildman–Crippen LogP) is 4.15. The fourth-order valence-electron chi connectivity index (χ4n) is 3.81. The Kier molecular flexibility index (Phi) is 5.37. The fraction of sp³-hybridized carbons (Fsp3) is 0.474. The van der Waals surface area contributed by atoms with Crippen LogP contribution in [-0.4, -0.2) is 25.3 Å². The minimum atomic E-state index is -4.75. The SMILES string of the molecule is Cc1c(Cl)c(C(F)(F)F)nn1[C@H](C)C(=O)Nn1c(C)nc2sc3c(c2c1=O)CCCC3. The van der Waals surface area contributed by atoms with E-state index in [-0.39, 0.29) is 11.5 Å². The van der Waals surface area contributed by atoms with E-state index in [0.29, 0.717) is 10.2 Å². The Balaban J connectivity index is 1.70. The molecule has 166 valence electrons. The van der Waals surface area contributed by atoms with Gasteiger partial charge in [-0.3, -0.25) is 19.7 Å². The summed E-state index contributed by atoms with van der Waals surface area (Å²) in [5.41, 5.74) is 1.81. The van der Waals surface area contributed by atoms with Crippen LogP contribution in [0.5, 0.6) is 0 Å². The third kappa shape index (κ3) is 3.63. The highest BCUT2D eigenvalue weighted by Gasteiger charge is 2.39. The molecule has 0 bridgehead atoms. The van der Waals surface area contributed by atoms with Crippen LogP contribution in [0, 0.1) is 13.8 Å². The quantitative estimate of drug-likeness (QED) is 0.619. The summed E-state index contributed by atoms with van der Waals surface area (Å²) in [6.45, 7) is 4.31. The first-order chi connectivity index (χ1) is 14.5. The first kappa shape index (κ1) is 21.8. The van der Waals surface area contributed by atoms with Crippen molar-refractivity contribution in [1.29, 1.82) is 0 Å². The maximum Gasteiger partial charge on any atom is 0.436 e. The van der Waals surface area contributed by atoms with Gasteiger partial charge in [-0.05, 0) is 52.0 Å². The lowest BCUT2D eigenvalue weighted by Gasteiger charge is -2.17. The van der Waals surface area contributed by atoms with Crippen molar-refractivity contribution in [2.75, 3.05) is 5.43 Å². The third-order valence-electron chi connectivity index (χ3n) is 5.47. The lowest BCUT2D eigenvalue weighted by molar-refractivity contribution is -0.141. The van der Waals surface area contributed by atoms with E-state index in [0.717, 1.165) is 45.5 Å². The van der Waals surface area contributed by atoms with Gasteiger partial charge in [-0.15, -0.1) is 11.3 Å². The highest BCUT2D eigenvalue weighted by molar-refractivity contribution is 7.18. The Labute approximate surface area is 183 Å². The van der Waals surface area contributed by atoms with Gasteiger partial charge >= 0.3 is 6.18 Å². The Hall–Kier alpha value is -2.40. The van der Waals surface area contributed by atoms with Gasteiger partial charge in [0.2, 0.25) is 0 Å². The van der Waals surface area contributed by atoms with Crippen molar-refractivity contribution in [3.63, 3.8) is 0 Å². The summed E-state index contributed by atoms with van der Waals surface area (Å²) < 4.78 is 41.3. The number of rotatable bonds is 3. The number of nitrogens with zero attached hydrogens (tertiary/aromatic N) is 4. The van der Waals surface area contributed by atoms with Crippen molar-refractivity contribution in [1.82, 2.24) is 19.4 Å². The van der Waals surface area contributed by atoms with Crippen molar-refractivity contribution in [3.8, 4) is 0 Å². The van der Waals surface area contributed by atoms with Crippen LogP contribution in [0.3, 0.4) is 0 Å². The number of aromatic nitrogens is 4. The number of hydrogen-bond donors (Lipinski definition) is 1. The molecule has 0 aliphatic heterocycles. The molecule has 3 aromatic rings. The number of carbonyl (C=O) groups is 1. The van der Waals surface area contributed by atoms with E-state index < -0.39 is 34.4 Å². The van der Waals surface area contributed by atoms with Crippen LogP contribution in [0.1, 0.15) is 53.5 Å². The topological polar surface area (TPSA) is 81.8 Å². The number of aryl methyl sites for hydroxylation is 3. The van der Waals surface area contributed by atoms with E-state index >= 15 is 0 Å². The maximum atomic E-state index is 13.2. The molecular formula is C19H19ClF3N5O2S. The molecule has 3 aromatic heterocycles. The second kappa shape index (κ2) is 7.63. The summed E-state index contributed by atoms with van der Waals surface area (Å²) in [7, 11) is 0. The minimum Gasteiger partial charge on any atom is -0.271 e. The number of alkyl halides is 3. The van der Waals surface area contributed by atoms with Crippen molar-refractivity contribution in [2.24, 2.45) is 0 Å². The third-order valence-corrected chi connectivity index (χ3v) is 7.11. The van der Waals surface area contributed by atoms with E-state index in [9.17, 15) is 22.8 Å². The molecule has 0 radical (unpaired) electrons. The number of amides is 1. The van der Waals surface area contributed by atoms with Gasteiger partial charge in [-0.25, -0.2) is 9.66 Å². The molecule has 1 aliphatic rings. The fourth-order valence-corrected chi connectivity index (χ4v) is 5.34. The van der Waals surface area contributed by atoms with Crippen LogP contribution >= 0.6 is 22.9 Å². The molecule has 3 heterocycles. The van der Waals surface area contributed by atoms with Crippen LogP contribution in [0.25, 0.3) is 10.2 Å². The van der Waals surface area contributed by atoms with Crippen molar-refractivity contribution in [2.45, 2.75) is 58.7 Å². The molecule has 0 saturated heterocycles. The Bertz CT molecular complexity index is 1260. The maximum absolute atomic E-state index is 13.2. The first-order valence-electron chi connectivity index (χ1n) is 9.67. The van der Waals surface area contributed by atoms with Crippen LogP contribution in [0.15, 0.2) is 4.79 Å². The molecule has 1 aliphatic carbocycles. The number of fused-ring (bicyclic) bond motifs is 3. The smallest absolute Gasteiger partial charge is 0.271 e. The molecule has 0 unspecified atom stereocenters. The van der Waals surface area contributed by atoms with Crippen LogP contribution in [0.2, 0.25) is 5.02 Å². The van der Waals surface area contributed by atoms with Crippen molar-refractivity contribution < 1.29 is 18.0 Å². The van der Waals surface area contributed by atoms with Crippen LogP contribution < -0.4 is 11.0 Å². The highest BCUT2D eigenvalue weighted by Crippen LogP contribution is 2.36. The van der Waals surface area contributed by atoms with E-state index in [1.165, 1.54) is 25.2 Å². The molecule has 31 heavy (non-hydrogen) atoms. The zero-order chi connectivity index (χ0) is 22.7. The number of hydrogen-bond acceptors (Lipinski definition) is 5. The van der Waals surface area contributed by atoms with Gasteiger partial charge in [0.1, 0.15) is 16.7 Å². The Morgan fingerprint density at radius 1 is 1.26 bits per heavy atom. The van der Waals surface area contributed by atoms with Gasteiger partial charge in [0.15, 0.2) is 5.69 Å². The highest BCUT2D eigenvalue weighted by atomic mass is 35.5. The Morgan fingerprint density at radius 2 is 1.94 bits per heavy atom. The van der Waals surface area contributed by atoms with Gasteiger partial charge in [-0.2, -0.15) is 18.3 Å². The summed E-state index contributed by atoms with van der Waals surface area (Å²) in [5, 5.41) is 3.42. The monoisotopic (exact) mass is 473 g/mol. The number of thiophene rings is 1. The molecule has 1 atom stereocenters. The average molecular weight is 474 g/mol. The molecule has 0 aromatic carbocycles. The normalized spacial score (nSPS) is 15.2. The van der Waals surface area contributed by atoms with Crippen LogP contribution in [0.4, 0.5) is 13.2 Å². The summed E-state index contributed by atoms with van der Waals surface area (Å²) >= 11 is 7.27. The second-order valence-electron chi connectivity index (χ2n) is 7.53.